The predicted molar refractivity (Wildman–Crippen MR) is 74.7 cm³/mol. The van der Waals surface area contributed by atoms with Gasteiger partial charge in [0.1, 0.15) is 0 Å². The fraction of sp³-hybridized carbons (Fsp3) is 0.933. The first-order valence-electron chi connectivity index (χ1n) is 7.44. The van der Waals surface area contributed by atoms with Gasteiger partial charge in [-0.2, -0.15) is 0 Å². The molecule has 0 aliphatic heterocycles. The molecular weight excluding hydrogens is 226 g/mol. The normalized spacial score (nSPS) is 28.9. The molecule has 0 aromatic heterocycles. The molecule has 0 amide bonds. The highest BCUT2D eigenvalue weighted by Gasteiger charge is 2.46. The summed E-state index contributed by atoms with van der Waals surface area (Å²) in [6.07, 6.45) is 4.96. The largest absolute Gasteiger partial charge is 0.481 e. The van der Waals surface area contributed by atoms with Gasteiger partial charge < -0.3 is 5.11 Å². The van der Waals surface area contributed by atoms with E-state index in [4.69, 9.17) is 0 Å². The third-order valence-electron chi connectivity index (χ3n) is 4.72. The molecule has 18 heavy (non-hydrogen) atoms. The first kappa shape index (κ1) is 15.5. The summed E-state index contributed by atoms with van der Waals surface area (Å²) in [4.78, 5) is 13.8. The van der Waals surface area contributed by atoms with Crippen LogP contribution < -0.4 is 0 Å². The monoisotopic (exact) mass is 255 g/mol. The second kappa shape index (κ2) is 6.55. The lowest BCUT2D eigenvalue weighted by molar-refractivity contribution is -0.143. The van der Waals surface area contributed by atoms with Crippen LogP contribution in [0.25, 0.3) is 0 Å². The van der Waals surface area contributed by atoms with Crippen LogP contribution in [0.4, 0.5) is 0 Å². The highest BCUT2D eigenvalue weighted by atomic mass is 16.4. The van der Waals surface area contributed by atoms with Crippen LogP contribution in [0.5, 0.6) is 0 Å². The van der Waals surface area contributed by atoms with Crippen LogP contribution in [0, 0.1) is 11.8 Å². The maximum Gasteiger partial charge on any atom is 0.305 e. The summed E-state index contributed by atoms with van der Waals surface area (Å²) in [6, 6.07) is 0. The number of carbonyl (C=O) groups is 1. The van der Waals surface area contributed by atoms with E-state index >= 15 is 0 Å². The van der Waals surface area contributed by atoms with Crippen molar-refractivity contribution in [2.24, 2.45) is 11.8 Å². The fourth-order valence-corrected chi connectivity index (χ4v) is 4.04. The molecule has 0 aromatic carbocycles. The first-order valence-corrected chi connectivity index (χ1v) is 7.44. The number of carboxylic acid groups (broad SMARTS) is 1. The zero-order valence-electron chi connectivity index (χ0n) is 12.4. The maximum absolute atomic E-state index is 11.4. The fourth-order valence-electron chi connectivity index (χ4n) is 4.04. The van der Waals surface area contributed by atoms with Crippen molar-refractivity contribution >= 4 is 5.97 Å². The van der Waals surface area contributed by atoms with Crippen molar-refractivity contribution in [3.05, 3.63) is 0 Å². The van der Waals surface area contributed by atoms with Gasteiger partial charge in [0.05, 0.1) is 6.42 Å². The third kappa shape index (κ3) is 3.05. The molecule has 0 spiro atoms. The summed E-state index contributed by atoms with van der Waals surface area (Å²) < 4.78 is 0. The van der Waals surface area contributed by atoms with E-state index in [0.717, 1.165) is 19.5 Å². The van der Waals surface area contributed by atoms with Gasteiger partial charge >= 0.3 is 5.97 Å². The van der Waals surface area contributed by atoms with Crippen LogP contribution in [0.15, 0.2) is 0 Å². The van der Waals surface area contributed by atoms with Crippen LogP contribution >= 0.6 is 0 Å². The van der Waals surface area contributed by atoms with Gasteiger partial charge in [0.15, 0.2) is 0 Å². The van der Waals surface area contributed by atoms with Gasteiger partial charge in [0.2, 0.25) is 0 Å². The molecule has 1 saturated carbocycles. The molecule has 0 bridgehead atoms. The summed E-state index contributed by atoms with van der Waals surface area (Å²) >= 11 is 0. The molecule has 1 rings (SSSR count). The number of nitrogens with zero attached hydrogens (tertiary/aromatic N) is 1. The second-order valence-electron chi connectivity index (χ2n) is 5.94. The van der Waals surface area contributed by atoms with Gasteiger partial charge in [-0.25, -0.2) is 0 Å². The van der Waals surface area contributed by atoms with Crippen molar-refractivity contribution in [2.45, 2.75) is 65.3 Å². The van der Waals surface area contributed by atoms with E-state index in [9.17, 15) is 9.90 Å². The molecule has 0 radical (unpaired) electrons. The van der Waals surface area contributed by atoms with Crippen molar-refractivity contribution in [1.82, 2.24) is 4.90 Å². The molecule has 2 unspecified atom stereocenters. The van der Waals surface area contributed by atoms with Crippen LogP contribution in [0.1, 0.15) is 59.8 Å². The van der Waals surface area contributed by atoms with E-state index in [1.54, 1.807) is 0 Å². The smallest absolute Gasteiger partial charge is 0.305 e. The van der Waals surface area contributed by atoms with Gasteiger partial charge in [0.25, 0.3) is 0 Å². The molecule has 0 saturated heterocycles. The Hall–Kier alpha value is -0.570. The minimum Gasteiger partial charge on any atom is -0.481 e. The average molecular weight is 255 g/mol. The lowest BCUT2D eigenvalue weighted by Gasteiger charge is -2.52. The van der Waals surface area contributed by atoms with Gasteiger partial charge in [-0.3, -0.25) is 9.69 Å². The molecule has 0 aromatic rings. The van der Waals surface area contributed by atoms with Crippen molar-refractivity contribution in [3.8, 4) is 0 Å². The Bertz CT molecular complexity index is 274. The molecule has 1 aliphatic carbocycles. The van der Waals surface area contributed by atoms with Crippen molar-refractivity contribution in [2.75, 3.05) is 13.1 Å². The summed E-state index contributed by atoms with van der Waals surface area (Å²) in [5, 5.41) is 9.34. The van der Waals surface area contributed by atoms with Gasteiger partial charge in [-0.15, -0.1) is 0 Å². The Morgan fingerprint density at radius 3 is 2.39 bits per heavy atom. The molecule has 1 fully saturated rings. The van der Waals surface area contributed by atoms with Gasteiger partial charge in [-0.1, -0.05) is 40.5 Å². The van der Waals surface area contributed by atoms with Gasteiger partial charge in [-0.05, 0) is 37.8 Å². The topological polar surface area (TPSA) is 40.5 Å². The lowest BCUT2D eigenvalue weighted by atomic mass is 9.65. The molecule has 0 heterocycles. The van der Waals surface area contributed by atoms with Crippen LogP contribution in [0.3, 0.4) is 0 Å². The predicted octanol–water partition coefficient (Wildman–Crippen LogP) is 3.39. The number of rotatable bonds is 6. The number of hydrogen-bond acceptors (Lipinski definition) is 2. The van der Waals surface area contributed by atoms with E-state index in [1.807, 2.05) is 0 Å². The zero-order valence-corrected chi connectivity index (χ0v) is 12.4. The Kier molecular flexibility index (Phi) is 5.64. The van der Waals surface area contributed by atoms with Crippen LogP contribution in [-0.4, -0.2) is 34.6 Å². The van der Waals surface area contributed by atoms with Crippen molar-refractivity contribution in [1.29, 1.82) is 0 Å². The molecule has 3 nitrogen and oxygen atoms in total. The van der Waals surface area contributed by atoms with E-state index in [1.165, 1.54) is 19.3 Å². The number of hydrogen-bond donors (Lipinski definition) is 1. The molecule has 3 heteroatoms. The Morgan fingerprint density at radius 1 is 1.33 bits per heavy atom. The third-order valence-corrected chi connectivity index (χ3v) is 4.72. The summed E-state index contributed by atoms with van der Waals surface area (Å²) in [6.45, 7) is 10.7. The maximum atomic E-state index is 11.4. The van der Waals surface area contributed by atoms with Crippen LogP contribution in [-0.2, 0) is 4.79 Å². The van der Waals surface area contributed by atoms with Crippen molar-refractivity contribution < 1.29 is 9.90 Å². The summed E-state index contributed by atoms with van der Waals surface area (Å²) in [7, 11) is 0. The number of carboxylic acids is 1. The second-order valence-corrected chi connectivity index (χ2v) is 5.94. The Balaban J connectivity index is 3.08. The average Bonchev–Trinajstić information content (AvgIpc) is 2.29. The molecule has 2 atom stereocenters. The van der Waals surface area contributed by atoms with E-state index < -0.39 is 5.97 Å². The SMILES string of the molecule is CCN(CC)C1(CC(=O)O)CCCCC1C(C)C. The van der Waals surface area contributed by atoms with E-state index in [0.29, 0.717) is 18.3 Å². The van der Waals surface area contributed by atoms with Crippen molar-refractivity contribution in [3.63, 3.8) is 0 Å². The van der Waals surface area contributed by atoms with E-state index in [2.05, 4.69) is 32.6 Å². The standard InChI is InChI=1S/C15H29NO2/c1-5-16(6-2)15(11-14(17)18)10-8-7-9-13(15)12(3)4/h12-13H,5-11H2,1-4H3,(H,17,18). The minimum atomic E-state index is -0.644. The summed E-state index contributed by atoms with van der Waals surface area (Å²) in [5.74, 6) is 0.432. The summed E-state index contributed by atoms with van der Waals surface area (Å²) in [5.41, 5.74) is -0.109. The molecule has 1 aliphatic rings. The quantitative estimate of drug-likeness (QED) is 0.791. The number of aliphatic carboxylic acids is 1. The molecule has 1 N–H and O–H groups in total. The minimum absolute atomic E-state index is 0.109. The lowest BCUT2D eigenvalue weighted by Crippen LogP contribution is -2.57. The molecular formula is C15H29NO2. The highest BCUT2D eigenvalue weighted by Crippen LogP contribution is 2.44. The molecule has 106 valence electrons. The van der Waals surface area contributed by atoms with Crippen LogP contribution in [0.2, 0.25) is 0 Å². The van der Waals surface area contributed by atoms with Gasteiger partial charge in [0, 0.05) is 5.54 Å². The Labute approximate surface area is 112 Å². The first-order chi connectivity index (χ1) is 8.47. The Morgan fingerprint density at radius 2 is 1.94 bits per heavy atom. The highest BCUT2D eigenvalue weighted by molar-refractivity contribution is 5.68. The van der Waals surface area contributed by atoms with E-state index in [-0.39, 0.29) is 5.54 Å². The zero-order chi connectivity index (χ0) is 13.8.